The number of nitrogens with zero attached hydrogens (tertiary/aromatic N) is 1. The highest BCUT2D eigenvalue weighted by Crippen LogP contribution is 2.29. The van der Waals surface area contributed by atoms with E-state index in [0.717, 1.165) is 22.8 Å². The van der Waals surface area contributed by atoms with Crippen molar-refractivity contribution < 1.29 is 4.74 Å². The first kappa shape index (κ1) is 15.8. The Morgan fingerprint density at radius 2 is 1.95 bits per heavy atom. The van der Waals surface area contributed by atoms with Crippen LogP contribution in [0.15, 0.2) is 36.5 Å². The van der Waals surface area contributed by atoms with Gasteiger partial charge in [-0.15, -0.1) is 0 Å². The zero-order valence-corrected chi connectivity index (χ0v) is 13.7. The summed E-state index contributed by atoms with van der Waals surface area (Å²) >= 11 is 6.11. The quantitative estimate of drug-likeness (QED) is 0.887. The maximum absolute atomic E-state index is 6.11. The minimum atomic E-state index is 0.0316. The van der Waals surface area contributed by atoms with Crippen LogP contribution in [0.2, 0.25) is 5.02 Å². The summed E-state index contributed by atoms with van der Waals surface area (Å²) in [7, 11) is 0. The Morgan fingerprint density at radius 3 is 2.62 bits per heavy atom. The minimum absolute atomic E-state index is 0.0316. The third-order valence-corrected chi connectivity index (χ3v) is 3.25. The predicted molar refractivity (Wildman–Crippen MR) is 87.1 cm³/mol. The Hall–Kier alpha value is -1.58. The number of halogens is 1. The monoisotopic (exact) mass is 304 g/mol. The molecule has 0 amide bonds. The van der Waals surface area contributed by atoms with Gasteiger partial charge in [-0.05, 0) is 58.0 Å². The van der Waals surface area contributed by atoms with Gasteiger partial charge >= 0.3 is 0 Å². The molecular weight excluding hydrogens is 284 g/mol. The maximum atomic E-state index is 6.11. The first-order chi connectivity index (χ1) is 9.85. The fraction of sp³-hybridized carbons (Fsp3) is 0.353. The second-order valence-corrected chi connectivity index (χ2v) is 6.48. The van der Waals surface area contributed by atoms with E-state index in [1.165, 1.54) is 0 Å². The lowest BCUT2D eigenvalue weighted by atomic mass is 10.1. The van der Waals surface area contributed by atoms with Crippen molar-refractivity contribution in [1.82, 2.24) is 10.3 Å². The Labute approximate surface area is 131 Å². The van der Waals surface area contributed by atoms with E-state index in [2.05, 4.69) is 31.1 Å². The SMILES string of the molecule is Cc1ncccc1Oc1ccc(Cl)cc1CNC(C)(C)C. The van der Waals surface area contributed by atoms with Gasteiger partial charge in [0.15, 0.2) is 0 Å². The van der Waals surface area contributed by atoms with Crippen LogP contribution in [0.25, 0.3) is 0 Å². The first-order valence-corrected chi connectivity index (χ1v) is 7.36. The van der Waals surface area contributed by atoms with E-state index in [1.807, 2.05) is 37.3 Å². The highest BCUT2D eigenvalue weighted by Gasteiger charge is 2.12. The van der Waals surface area contributed by atoms with Gasteiger partial charge in [-0.25, -0.2) is 0 Å². The van der Waals surface area contributed by atoms with Gasteiger partial charge in [0.25, 0.3) is 0 Å². The van der Waals surface area contributed by atoms with Gasteiger partial charge in [-0.3, -0.25) is 4.98 Å². The zero-order valence-electron chi connectivity index (χ0n) is 12.9. The largest absolute Gasteiger partial charge is 0.455 e. The molecule has 0 saturated heterocycles. The molecule has 3 nitrogen and oxygen atoms in total. The van der Waals surface area contributed by atoms with E-state index in [0.29, 0.717) is 11.6 Å². The predicted octanol–water partition coefficient (Wildman–Crippen LogP) is 4.72. The van der Waals surface area contributed by atoms with Crippen LogP contribution >= 0.6 is 11.6 Å². The van der Waals surface area contributed by atoms with Gasteiger partial charge in [0, 0.05) is 28.9 Å². The topological polar surface area (TPSA) is 34.1 Å². The van der Waals surface area contributed by atoms with E-state index in [9.17, 15) is 0 Å². The summed E-state index contributed by atoms with van der Waals surface area (Å²) in [4.78, 5) is 4.24. The number of ether oxygens (including phenoxy) is 1. The molecule has 0 spiro atoms. The van der Waals surface area contributed by atoms with Crippen LogP contribution in [0, 0.1) is 6.92 Å². The minimum Gasteiger partial charge on any atom is -0.455 e. The molecule has 0 fully saturated rings. The van der Waals surface area contributed by atoms with Gasteiger partial charge < -0.3 is 10.1 Å². The molecule has 21 heavy (non-hydrogen) atoms. The van der Waals surface area contributed by atoms with Crippen molar-refractivity contribution in [2.75, 3.05) is 0 Å². The summed E-state index contributed by atoms with van der Waals surface area (Å²) < 4.78 is 6.00. The molecule has 0 aliphatic rings. The van der Waals surface area contributed by atoms with Gasteiger partial charge in [-0.1, -0.05) is 11.6 Å². The molecule has 0 saturated carbocycles. The van der Waals surface area contributed by atoms with Crippen molar-refractivity contribution in [3.05, 3.63) is 52.8 Å². The molecule has 2 aromatic rings. The Balaban J connectivity index is 2.25. The molecule has 0 aliphatic carbocycles. The molecular formula is C17H21ClN2O. The third kappa shape index (κ3) is 4.73. The van der Waals surface area contributed by atoms with Crippen LogP contribution in [0.5, 0.6) is 11.5 Å². The Morgan fingerprint density at radius 1 is 1.19 bits per heavy atom. The maximum Gasteiger partial charge on any atom is 0.148 e. The number of nitrogens with one attached hydrogen (secondary N) is 1. The standard InChI is InChI=1S/C17H21ClN2O/c1-12-15(6-5-9-19-12)21-16-8-7-14(18)10-13(16)11-20-17(2,3)4/h5-10,20H,11H2,1-4H3. The summed E-state index contributed by atoms with van der Waals surface area (Å²) in [5, 5.41) is 4.16. The van der Waals surface area contributed by atoms with Crippen molar-refractivity contribution in [2.45, 2.75) is 39.8 Å². The van der Waals surface area contributed by atoms with E-state index in [4.69, 9.17) is 16.3 Å². The molecule has 1 aromatic heterocycles. The zero-order chi connectivity index (χ0) is 15.5. The fourth-order valence-corrected chi connectivity index (χ4v) is 2.04. The molecule has 0 atom stereocenters. The van der Waals surface area contributed by atoms with E-state index < -0.39 is 0 Å². The van der Waals surface area contributed by atoms with Gasteiger partial charge in [0.05, 0.1) is 5.69 Å². The molecule has 0 radical (unpaired) electrons. The molecule has 2 rings (SSSR count). The average Bonchev–Trinajstić information content (AvgIpc) is 2.40. The normalized spacial score (nSPS) is 11.5. The van der Waals surface area contributed by atoms with Crippen LogP contribution < -0.4 is 10.1 Å². The van der Waals surface area contributed by atoms with Crippen LogP contribution in [-0.2, 0) is 6.54 Å². The second-order valence-electron chi connectivity index (χ2n) is 6.04. The molecule has 0 bridgehead atoms. The van der Waals surface area contributed by atoms with Crippen molar-refractivity contribution in [3.63, 3.8) is 0 Å². The molecule has 0 aliphatic heterocycles. The highest BCUT2D eigenvalue weighted by molar-refractivity contribution is 6.30. The molecule has 1 heterocycles. The number of aryl methyl sites for hydroxylation is 1. The first-order valence-electron chi connectivity index (χ1n) is 6.98. The van der Waals surface area contributed by atoms with Crippen molar-refractivity contribution >= 4 is 11.6 Å². The van der Waals surface area contributed by atoms with Crippen molar-refractivity contribution in [2.24, 2.45) is 0 Å². The summed E-state index contributed by atoms with van der Waals surface area (Å²) in [6.07, 6.45) is 1.76. The number of aromatic nitrogens is 1. The van der Waals surface area contributed by atoms with Crippen molar-refractivity contribution in [3.8, 4) is 11.5 Å². The summed E-state index contributed by atoms with van der Waals surface area (Å²) in [5.74, 6) is 1.56. The molecule has 1 aromatic carbocycles. The third-order valence-electron chi connectivity index (χ3n) is 3.01. The Kier molecular flexibility index (Phi) is 4.86. The highest BCUT2D eigenvalue weighted by atomic mass is 35.5. The lowest BCUT2D eigenvalue weighted by Crippen LogP contribution is -2.35. The van der Waals surface area contributed by atoms with Crippen LogP contribution in [-0.4, -0.2) is 10.5 Å². The summed E-state index contributed by atoms with van der Waals surface area (Å²) in [6.45, 7) is 9.01. The van der Waals surface area contributed by atoms with Crippen molar-refractivity contribution in [1.29, 1.82) is 0 Å². The second kappa shape index (κ2) is 6.46. The number of benzene rings is 1. The Bertz CT molecular complexity index is 620. The van der Waals surface area contributed by atoms with Gasteiger partial charge in [-0.2, -0.15) is 0 Å². The lowest BCUT2D eigenvalue weighted by molar-refractivity contribution is 0.413. The van der Waals surface area contributed by atoms with Gasteiger partial charge in [0.2, 0.25) is 0 Å². The number of hydrogen-bond donors (Lipinski definition) is 1. The van der Waals surface area contributed by atoms with E-state index in [-0.39, 0.29) is 5.54 Å². The number of pyridine rings is 1. The van der Waals surface area contributed by atoms with Crippen LogP contribution in [0.4, 0.5) is 0 Å². The fourth-order valence-electron chi connectivity index (χ4n) is 1.84. The smallest absolute Gasteiger partial charge is 0.148 e. The molecule has 0 unspecified atom stereocenters. The van der Waals surface area contributed by atoms with Crippen LogP contribution in [0.3, 0.4) is 0 Å². The van der Waals surface area contributed by atoms with E-state index in [1.54, 1.807) is 6.20 Å². The molecule has 4 heteroatoms. The summed E-state index contributed by atoms with van der Waals surface area (Å²) in [6, 6.07) is 9.45. The molecule has 112 valence electrons. The average molecular weight is 305 g/mol. The summed E-state index contributed by atoms with van der Waals surface area (Å²) in [5.41, 5.74) is 1.92. The van der Waals surface area contributed by atoms with Crippen LogP contribution in [0.1, 0.15) is 32.0 Å². The van der Waals surface area contributed by atoms with Gasteiger partial charge in [0.1, 0.15) is 11.5 Å². The number of hydrogen-bond acceptors (Lipinski definition) is 3. The van der Waals surface area contributed by atoms with E-state index >= 15 is 0 Å². The lowest BCUT2D eigenvalue weighted by Gasteiger charge is -2.22. The number of rotatable bonds is 4. The molecule has 1 N–H and O–H groups in total.